The quantitative estimate of drug-likeness (QED) is 0.850. The number of carbonyl (C=O) groups is 2. The number of ether oxygens (including phenoxy) is 1. The van der Waals surface area contributed by atoms with Crippen molar-refractivity contribution in [3.8, 4) is 0 Å². The summed E-state index contributed by atoms with van der Waals surface area (Å²) in [7, 11) is 0. The van der Waals surface area contributed by atoms with Crippen LogP contribution in [0.4, 0.5) is 10.6 Å². The zero-order chi connectivity index (χ0) is 19.9. The molecular formula is C20H25N5O3. The van der Waals surface area contributed by atoms with Gasteiger partial charge in [-0.1, -0.05) is 29.8 Å². The summed E-state index contributed by atoms with van der Waals surface area (Å²) >= 11 is 0. The van der Waals surface area contributed by atoms with E-state index in [1.807, 2.05) is 36.1 Å². The van der Waals surface area contributed by atoms with Crippen molar-refractivity contribution in [2.45, 2.75) is 20.4 Å². The summed E-state index contributed by atoms with van der Waals surface area (Å²) in [5.74, 6) is 0.439. The summed E-state index contributed by atoms with van der Waals surface area (Å²) < 4.78 is 5.03. The minimum absolute atomic E-state index is 0.240. The van der Waals surface area contributed by atoms with Crippen LogP contribution in [0.3, 0.4) is 0 Å². The Morgan fingerprint density at radius 1 is 1.14 bits per heavy atom. The van der Waals surface area contributed by atoms with Crippen molar-refractivity contribution in [2.24, 2.45) is 0 Å². The van der Waals surface area contributed by atoms with Gasteiger partial charge >= 0.3 is 6.09 Å². The zero-order valence-corrected chi connectivity index (χ0v) is 16.2. The number of aromatic nitrogens is 2. The fourth-order valence-corrected chi connectivity index (χ4v) is 3.07. The van der Waals surface area contributed by atoms with E-state index in [1.54, 1.807) is 17.9 Å². The Morgan fingerprint density at radius 2 is 1.93 bits per heavy atom. The van der Waals surface area contributed by atoms with E-state index in [1.165, 1.54) is 6.33 Å². The molecule has 0 bridgehead atoms. The van der Waals surface area contributed by atoms with Gasteiger partial charge in [0.2, 0.25) is 0 Å². The Balaban J connectivity index is 1.58. The molecule has 8 nitrogen and oxygen atoms in total. The number of aryl methyl sites for hydroxylation is 1. The maximum absolute atomic E-state index is 12.5. The number of nitrogens with zero attached hydrogens (tertiary/aromatic N) is 4. The van der Waals surface area contributed by atoms with Gasteiger partial charge in [0.15, 0.2) is 0 Å². The maximum atomic E-state index is 12.5. The number of anilines is 1. The molecular weight excluding hydrogens is 358 g/mol. The van der Waals surface area contributed by atoms with Crippen LogP contribution >= 0.6 is 0 Å². The number of rotatable bonds is 5. The summed E-state index contributed by atoms with van der Waals surface area (Å²) in [6.45, 7) is 6.98. The third kappa shape index (κ3) is 4.97. The van der Waals surface area contributed by atoms with Gasteiger partial charge in [-0.25, -0.2) is 14.8 Å². The first-order valence-corrected chi connectivity index (χ1v) is 9.39. The van der Waals surface area contributed by atoms with Crippen LogP contribution in [0.1, 0.15) is 28.5 Å². The van der Waals surface area contributed by atoms with Gasteiger partial charge in [0.1, 0.15) is 17.8 Å². The molecule has 0 saturated carbocycles. The van der Waals surface area contributed by atoms with E-state index in [0.717, 1.165) is 11.1 Å². The molecule has 0 aliphatic carbocycles. The fraction of sp³-hybridized carbons (Fsp3) is 0.400. The number of hydrogen-bond acceptors (Lipinski definition) is 6. The van der Waals surface area contributed by atoms with Crippen molar-refractivity contribution in [1.29, 1.82) is 0 Å². The van der Waals surface area contributed by atoms with Gasteiger partial charge in [-0.2, -0.15) is 0 Å². The molecule has 0 unspecified atom stereocenters. The van der Waals surface area contributed by atoms with Gasteiger partial charge in [0.25, 0.3) is 5.91 Å². The van der Waals surface area contributed by atoms with Crippen molar-refractivity contribution in [3.05, 3.63) is 53.5 Å². The monoisotopic (exact) mass is 383 g/mol. The SMILES string of the molecule is CCOC(=O)N1CCN(c2cc(C(=O)NCc3cccc(C)c3)ncn2)CC1. The second kappa shape index (κ2) is 9.16. The number of amides is 2. The molecule has 1 aliphatic rings. The smallest absolute Gasteiger partial charge is 0.409 e. The van der Waals surface area contributed by atoms with Crippen LogP contribution in [0.5, 0.6) is 0 Å². The molecule has 3 rings (SSSR count). The summed E-state index contributed by atoms with van der Waals surface area (Å²) in [6.07, 6.45) is 1.11. The summed E-state index contributed by atoms with van der Waals surface area (Å²) in [6, 6.07) is 9.68. The van der Waals surface area contributed by atoms with Gasteiger partial charge in [-0.15, -0.1) is 0 Å². The van der Waals surface area contributed by atoms with Gasteiger partial charge in [0.05, 0.1) is 6.61 Å². The van der Waals surface area contributed by atoms with Crippen LogP contribution in [0, 0.1) is 6.92 Å². The Morgan fingerprint density at radius 3 is 2.64 bits per heavy atom. The normalized spacial score (nSPS) is 13.9. The predicted molar refractivity (Wildman–Crippen MR) is 105 cm³/mol. The van der Waals surface area contributed by atoms with E-state index in [-0.39, 0.29) is 12.0 Å². The number of carbonyl (C=O) groups excluding carboxylic acids is 2. The van der Waals surface area contributed by atoms with Crippen LogP contribution in [-0.4, -0.2) is 59.7 Å². The minimum atomic E-state index is -0.291. The van der Waals surface area contributed by atoms with E-state index < -0.39 is 0 Å². The first-order valence-electron chi connectivity index (χ1n) is 9.39. The van der Waals surface area contributed by atoms with E-state index in [0.29, 0.717) is 50.8 Å². The maximum Gasteiger partial charge on any atom is 0.409 e. The average Bonchev–Trinajstić information content (AvgIpc) is 2.72. The van der Waals surface area contributed by atoms with Crippen molar-refractivity contribution >= 4 is 17.8 Å². The van der Waals surface area contributed by atoms with E-state index >= 15 is 0 Å². The molecule has 2 heterocycles. The number of nitrogens with one attached hydrogen (secondary N) is 1. The lowest BCUT2D eigenvalue weighted by atomic mass is 10.1. The van der Waals surface area contributed by atoms with Crippen LogP contribution in [0.25, 0.3) is 0 Å². The average molecular weight is 383 g/mol. The van der Waals surface area contributed by atoms with Crippen molar-refractivity contribution < 1.29 is 14.3 Å². The minimum Gasteiger partial charge on any atom is -0.450 e. The standard InChI is InChI=1S/C20H25N5O3/c1-3-28-20(27)25-9-7-24(8-10-25)18-12-17(22-14-23-18)19(26)21-13-16-6-4-5-15(2)11-16/h4-6,11-12,14H,3,7-10,13H2,1-2H3,(H,21,26). The highest BCUT2D eigenvalue weighted by Gasteiger charge is 2.23. The first kappa shape index (κ1) is 19.6. The topological polar surface area (TPSA) is 87.7 Å². The molecule has 1 N–H and O–H groups in total. The molecule has 148 valence electrons. The number of benzene rings is 1. The zero-order valence-electron chi connectivity index (χ0n) is 16.2. The van der Waals surface area contributed by atoms with E-state index in [2.05, 4.69) is 15.3 Å². The highest BCUT2D eigenvalue weighted by Crippen LogP contribution is 2.15. The second-order valence-corrected chi connectivity index (χ2v) is 6.61. The van der Waals surface area contributed by atoms with Gasteiger partial charge < -0.3 is 19.9 Å². The van der Waals surface area contributed by atoms with Crippen molar-refractivity contribution in [2.75, 3.05) is 37.7 Å². The highest BCUT2D eigenvalue weighted by molar-refractivity contribution is 5.92. The van der Waals surface area contributed by atoms with Crippen LogP contribution in [0.15, 0.2) is 36.7 Å². The Hall–Kier alpha value is -3.16. The molecule has 2 aromatic rings. The van der Waals surface area contributed by atoms with Crippen LogP contribution < -0.4 is 10.2 Å². The predicted octanol–water partition coefficient (Wildman–Crippen LogP) is 1.99. The molecule has 0 atom stereocenters. The Kier molecular flexibility index (Phi) is 6.41. The molecule has 8 heteroatoms. The third-order valence-corrected chi connectivity index (χ3v) is 4.55. The molecule has 0 radical (unpaired) electrons. The molecule has 28 heavy (non-hydrogen) atoms. The van der Waals surface area contributed by atoms with E-state index in [4.69, 9.17) is 4.74 Å². The molecule has 2 amide bonds. The number of hydrogen-bond donors (Lipinski definition) is 1. The lowest BCUT2D eigenvalue weighted by Gasteiger charge is -2.34. The molecule has 1 aromatic carbocycles. The summed E-state index contributed by atoms with van der Waals surface area (Å²) in [5.41, 5.74) is 2.52. The highest BCUT2D eigenvalue weighted by atomic mass is 16.6. The fourth-order valence-electron chi connectivity index (χ4n) is 3.07. The molecule has 1 aromatic heterocycles. The number of piperazine rings is 1. The molecule has 1 saturated heterocycles. The lowest BCUT2D eigenvalue weighted by Crippen LogP contribution is -2.49. The van der Waals surface area contributed by atoms with Gasteiger partial charge in [-0.05, 0) is 19.4 Å². The van der Waals surface area contributed by atoms with Gasteiger partial charge in [0, 0.05) is 38.8 Å². The van der Waals surface area contributed by atoms with E-state index in [9.17, 15) is 9.59 Å². The van der Waals surface area contributed by atoms with Crippen LogP contribution in [-0.2, 0) is 11.3 Å². The van der Waals surface area contributed by atoms with Crippen LogP contribution in [0.2, 0.25) is 0 Å². The third-order valence-electron chi connectivity index (χ3n) is 4.55. The Labute approximate surface area is 164 Å². The summed E-state index contributed by atoms with van der Waals surface area (Å²) in [4.78, 5) is 36.4. The lowest BCUT2D eigenvalue weighted by molar-refractivity contribution is 0.0945. The van der Waals surface area contributed by atoms with Gasteiger partial charge in [-0.3, -0.25) is 4.79 Å². The summed E-state index contributed by atoms with van der Waals surface area (Å²) in [5, 5.41) is 2.89. The van der Waals surface area contributed by atoms with Crippen molar-refractivity contribution in [1.82, 2.24) is 20.2 Å². The molecule has 1 aliphatic heterocycles. The second-order valence-electron chi connectivity index (χ2n) is 6.61. The largest absolute Gasteiger partial charge is 0.450 e. The first-order chi connectivity index (χ1) is 13.6. The molecule has 0 spiro atoms. The Bertz CT molecular complexity index is 834. The van der Waals surface area contributed by atoms with Crippen molar-refractivity contribution in [3.63, 3.8) is 0 Å². The molecule has 1 fully saturated rings.